The fourth-order valence-corrected chi connectivity index (χ4v) is 4.05. The van der Waals surface area contributed by atoms with E-state index in [0.717, 1.165) is 5.69 Å². The van der Waals surface area contributed by atoms with E-state index in [1.807, 2.05) is 51.1 Å². The first-order valence-electron chi connectivity index (χ1n) is 10.1. The molecule has 1 aromatic rings. The van der Waals surface area contributed by atoms with Crippen molar-refractivity contribution < 1.29 is 14.4 Å². The molecule has 2 N–H and O–H groups in total. The molecule has 158 valence electrons. The number of anilines is 1. The van der Waals surface area contributed by atoms with E-state index in [1.165, 1.54) is 0 Å². The van der Waals surface area contributed by atoms with Crippen LogP contribution in [0, 0.1) is 0 Å². The summed E-state index contributed by atoms with van der Waals surface area (Å²) in [6, 6.07) is 9.69. The monoisotopic (exact) mass is 401 g/mol. The number of para-hydroxylation sites is 1. The first kappa shape index (κ1) is 21.0. The van der Waals surface area contributed by atoms with Crippen LogP contribution in [0.3, 0.4) is 0 Å². The van der Waals surface area contributed by atoms with Gasteiger partial charge in [0.25, 0.3) is 5.91 Å². The maximum Gasteiger partial charge on any atom is 0.317 e. The Morgan fingerprint density at radius 3 is 2.28 bits per heavy atom. The van der Waals surface area contributed by atoms with Crippen molar-refractivity contribution in [1.29, 1.82) is 0 Å². The van der Waals surface area contributed by atoms with Crippen molar-refractivity contribution in [3.05, 3.63) is 30.3 Å². The van der Waals surface area contributed by atoms with Gasteiger partial charge in [-0.25, -0.2) is 4.79 Å². The molecule has 2 aliphatic rings. The Morgan fingerprint density at radius 2 is 1.72 bits per heavy atom. The van der Waals surface area contributed by atoms with Crippen molar-refractivity contribution in [2.24, 2.45) is 0 Å². The number of piperidine rings is 1. The predicted octanol–water partition coefficient (Wildman–Crippen LogP) is 1.38. The normalized spacial score (nSPS) is 18.9. The Hall–Kier alpha value is -2.77. The second-order valence-electron chi connectivity index (χ2n) is 8.78. The zero-order valence-electron chi connectivity index (χ0n) is 17.7. The van der Waals surface area contributed by atoms with Crippen molar-refractivity contribution in [2.75, 3.05) is 38.3 Å². The van der Waals surface area contributed by atoms with Gasteiger partial charge in [-0.1, -0.05) is 18.2 Å². The fraction of sp³-hybridized carbons (Fsp3) is 0.571. The fourth-order valence-electron chi connectivity index (χ4n) is 4.05. The highest BCUT2D eigenvalue weighted by molar-refractivity contribution is 5.96. The summed E-state index contributed by atoms with van der Waals surface area (Å²) in [5.41, 5.74) is -0.0863. The van der Waals surface area contributed by atoms with Gasteiger partial charge in [0, 0.05) is 31.4 Å². The smallest absolute Gasteiger partial charge is 0.317 e. The average Bonchev–Trinajstić information content (AvgIpc) is 2.94. The number of likely N-dealkylation sites (tertiary alicyclic amines) is 1. The van der Waals surface area contributed by atoms with E-state index in [4.69, 9.17) is 0 Å². The average molecular weight is 402 g/mol. The molecule has 2 saturated heterocycles. The summed E-state index contributed by atoms with van der Waals surface area (Å²) in [7, 11) is 1.57. The van der Waals surface area contributed by atoms with Crippen LogP contribution in [0.1, 0.15) is 33.6 Å². The van der Waals surface area contributed by atoms with Crippen molar-refractivity contribution in [3.8, 4) is 0 Å². The molecular weight excluding hydrogens is 370 g/mol. The standard InChI is InChI=1S/C21H31N5O3/c1-20(2,3)23-19(29)24-12-10-21(11-13-24)18(28)25(14-17(27)22-4)15-26(21)16-8-6-5-7-9-16/h5-9H,10-15H2,1-4H3,(H,22,27)(H,23,29). The molecule has 2 heterocycles. The molecule has 2 fully saturated rings. The molecule has 0 saturated carbocycles. The summed E-state index contributed by atoms with van der Waals surface area (Å²) in [6.45, 7) is 7.23. The van der Waals surface area contributed by atoms with Crippen LogP contribution in [0.15, 0.2) is 30.3 Å². The molecule has 0 atom stereocenters. The molecular formula is C21H31N5O3. The number of carbonyl (C=O) groups excluding carboxylic acids is 3. The number of hydrogen-bond donors (Lipinski definition) is 2. The highest BCUT2D eigenvalue weighted by atomic mass is 16.2. The number of likely N-dealkylation sites (N-methyl/N-ethyl adjacent to an activating group) is 1. The summed E-state index contributed by atoms with van der Waals surface area (Å²) in [6.07, 6.45) is 1.06. The van der Waals surface area contributed by atoms with Gasteiger partial charge in [-0.2, -0.15) is 0 Å². The molecule has 0 bridgehead atoms. The Kier molecular flexibility index (Phi) is 5.73. The van der Waals surface area contributed by atoms with Crippen LogP contribution in [0.25, 0.3) is 0 Å². The van der Waals surface area contributed by atoms with Crippen molar-refractivity contribution in [1.82, 2.24) is 20.4 Å². The van der Waals surface area contributed by atoms with Crippen LogP contribution in [0.4, 0.5) is 10.5 Å². The number of nitrogens with zero attached hydrogens (tertiary/aromatic N) is 3. The van der Waals surface area contributed by atoms with Gasteiger partial charge in [0.1, 0.15) is 12.1 Å². The van der Waals surface area contributed by atoms with Gasteiger partial charge in [-0.15, -0.1) is 0 Å². The van der Waals surface area contributed by atoms with E-state index in [-0.39, 0.29) is 29.9 Å². The van der Waals surface area contributed by atoms with Gasteiger partial charge in [0.15, 0.2) is 0 Å². The van der Waals surface area contributed by atoms with E-state index in [9.17, 15) is 14.4 Å². The van der Waals surface area contributed by atoms with Crippen LogP contribution in [0.5, 0.6) is 0 Å². The minimum Gasteiger partial charge on any atom is -0.358 e. The topological polar surface area (TPSA) is 85.0 Å². The Morgan fingerprint density at radius 1 is 1.10 bits per heavy atom. The third-order valence-electron chi connectivity index (χ3n) is 5.56. The largest absolute Gasteiger partial charge is 0.358 e. The summed E-state index contributed by atoms with van der Waals surface area (Å²) in [5, 5.41) is 5.58. The number of amides is 4. The van der Waals surface area contributed by atoms with Crippen molar-refractivity contribution in [2.45, 2.75) is 44.7 Å². The third-order valence-corrected chi connectivity index (χ3v) is 5.56. The first-order chi connectivity index (χ1) is 13.7. The van der Waals surface area contributed by atoms with Gasteiger partial charge >= 0.3 is 6.03 Å². The molecule has 0 radical (unpaired) electrons. The lowest BCUT2D eigenvalue weighted by molar-refractivity contribution is -0.137. The van der Waals surface area contributed by atoms with E-state index in [2.05, 4.69) is 15.5 Å². The summed E-state index contributed by atoms with van der Waals surface area (Å²) in [5.74, 6) is -0.230. The minimum absolute atomic E-state index is 0.0364. The Labute approximate surface area is 172 Å². The van der Waals surface area contributed by atoms with Crippen LogP contribution < -0.4 is 15.5 Å². The number of hydrogen-bond acceptors (Lipinski definition) is 4. The zero-order chi connectivity index (χ0) is 21.2. The molecule has 8 nitrogen and oxygen atoms in total. The number of benzene rings is 1. The van der Waals surface area contributed by atoms with E-state index in [1.54, 1.807) is 16.8 Å². The molecule has 0 aromatic heterocycles. The lowest BCUT2D eigenvalue weighted by atomic mass is 9.85. The van der Waals surface area contributed by atoms with Crippen LogP contribution in [-0.2, 0) is 9.59 Å². The molecule has 4 amide bonds. The van der Waals surface area contributed by atoms with Crippen LogP contribution in [-0.4, -0.2) is 72.1 Å². The highest BCUT2D eigenvalue weighted by Gasteiger charge is 2.54. The third kappa shape index (κ3) is 4.31. The van der Waals surface area contributed by atoms with Crippen molar-refractivity contribution >= 4 is 23.5 Å². The SMILES string of the molecule is CNC(=O)CN1CN(c2ccccc2)C2(CCN(C(=O)NC(C)(C)C)CC2)C1=O. The molecule has 0 aliphatic carbocycles. The Balaban J connectivity index is 1.81. The maximum absolute atomic E-state index is 13.4. The van der Waals surface area contributed by atoms with Gasteiger partial charge in [0.2, 0.25) is 5.91 Å². The molecule has 29 heavy (non-hydrogen) atoms. The summed E-state index contributed by atoms with van der Waals surface area (Å²) in [4.78, 5) is 43.4. The first-order valence-corrected chi connectivity index (χ1v) is 10.1. The summed E-state index contributed by atoms with van der Waals surface area (Å²) < 4.78 is 0. The van der Waals surface area contributed by atoms with Gasteiger partial charge < -0.3 is 25.3 Å². The molecule has 3 rings (SSSR count). The van der Waals surface area contributed by atoms with Crippen LogP contribution >= 0.6 is 0 Å². The maximum atomic E-state index is 13.4. The summed E-state index contributed by atoms with van der Waals surface area (Å²) >= 11 is 0. The second-order valence-corrected chi connectivity index (χ2v) is 8.78. The zero-order valence-corrected chi connectivity index (χ0v) is 17.7. The predicted molar refractivity (Wildman–Crippen MR) is 111 cm³/mol. The van der Waals surface area contributed by atoms with Crippen LogP contribution in [0.2, 0.25) is 0 Å². The quantitative estimate of drug-likeness (QED) is 0.801. The molecule has 1 spiro atoms. The van der Waals surface area contributed by atoms with Gasteiger partial charge in [-0.3, -0.25) is 9.59 Å². The molecule has 8 heteroatoms. The highest BCUT2D eigenvalue weighted by Crippen LogP contribution is 2.39. The van der Waals surface area contributed by atoms with E-state index < -0.39 is 5.54 Å². The van der Waals surface area contributed by atoms with Gasteiger partial charge in [-0.05, 0) is 45.7 Å². The second kappa shape index (κ2) is 7.93. The van der Waals surface area contributed by atoms with E-state index >= 15 is 0 Å². The lowest BCUT2D eigenvalue weighted by Gasteiger charge is -2.43. The number of nitrogens with one attached hydrogen (secondary N) is 2. The minimum atomic E-state index is -0.728. The molecule has 1 aromatic carbocycles. The van der Waals surface area contributed by atoms with Gasteiger partial charge in [0.05, 0.1) is 6.67 Å². The number of rotatable bonds is 3. The number of carbonyl (C=O) groups is 3. The van der Waals surface area contributed by atoms with Crippen molar-refractivity contribution in [3.63, 3.8) is 0 Å². The van der Waals surface area contributed by atoms with E-state index in [0.29, 0.717) is 32.6 Å². The molecule has 2 aliphatic heterocycles. The lowest BCUT2D eigenvalue weighted by Crippen LogP contribution is -2.59. The number of urea groups is 1. The molecule has 0 unspecified atom stereocenters. The Bertz CT molecular complexity index is 766.